The Morgan fingerprint density at radius 1 is 1.38 bits per heavy atom. The molecule has 1 unspecified atom stereocenters. The summed E-state index contributed by atoms with van der Waals surface area (Å²) < 4.78 is 18.2. The van der Waals surface area contributed by atoms with Crippen LogP contribution in [0.1, 0.15) is 45.4 Å². The van der Waals surface area contributed by atoms with E-state index in [1.165, 1.54) is 36.2 Å². The van der Waals surface area contributed by atoms with Crippen LogP contribution >= 0.6 is 0 Å². The first-order valence-corrected chi connectivity index (χ1v) is 7.73. The number of rotatable bonds is 5. The van der Waals surface area contributed by atoms with Crippen LogP contribution in [0, 0.1) is 0 Å². The SMILES string of the molecule is CCCCC[CH2][Al]1[CH2]CCC(F)[O]1. The van der Waals surface area contributed by atoms with Gasteiger partial charge in [0.25, 0.3) is 0 Å². The van der Waals surface area contributed by atoms with E-state index in [9.17, 15) is 4.39 Å². The minimum atomic E-state index is -1.10. The van der Waals surface area contributed by atoms with Gasteiger partial charge in [-0.1, -0.05) is 49.6 Å². The van der Waals surface area contributed by atoms with Crippen LogP contribution in [-0.2, 0) is 3.79 Å². The molecule has 76 valence electrons. The van der Waals surface area contributed by atoms with Crippen molar-refractivity contribution in [2.45, 2.75) is 62.4 Å². The van der Waals surface area contributed by atoms with E-state index in [1.807, 2.05) is 0 Å². The maximum Gasteiger partial charge on any atom is 0.462 e. The molecule has 1 fully saturated rings. The molecule has 1 aliphatic rings. The standard InChI is InChI=1S/C6H13.C4H7FO.Al/c1-3-5-6-4-2;1-2-3-4(5)6;/h1,3-6H2,2H3;4H,1-3H2;/q;-1;+1. The van der Waals surface area contributed by atoms with Gasteiger partial charge in [-0.2, -0.15) is 0 Å². The molecule has 0 amide bonds. The predicted molar refractivity (Wildman–Crippen MR) is 54.7 cm³/mol. The molecule has 0 aromatic rings. The zero-order valence-electron chi connectivity index (χ0n) is 8.60. The molecule has 1 aliphatic heterocycles. The zero-order valence-corrected chi connectivity index (χ0v) is 9.75. The molecule has 0 N–H and O–H groups in total. The maximum atomic E-state index is 12.8. The maximum absolute atomic E-state index is 12.8. The Morgan fingerprint density at radius 2 is 2.23 bits per heavy atom. The van der Waals surface area contributed by atoms with Gasteiger partial charge in [-0.15, -0.1) is 0 Å². The second-order valence-corrected chi connectivity index (χ2v) is 6.62. The Kier molecular flexibility index (Phi) is 6.03. The number of alkyl halides is 1. The lowest BCUT2D eigenvalue weighted by atomic mass is 10.2. The van der Waals surface area contributed by atoms with Gasteiger partial charge < -0.3 is 3.79 Å². The van der Waals surface area contributed by atoms with Crippen LogP contribution in [-0.4, -0.2) is 20.8 Å². The monoisotopic (exact) mass is 202 g/mol. The van der Waals surface area contributed by atoms with Gasteiger partial charge in [0.05, 0.1) is 0 Å². The highest BCUT2D eigenvalue weighted by Gasteiger charge is 2.27. The molecule has 13 heavy (non-hydrogen) atoms. The fraction of sp³-hybridized carbons (Fsp3) is 1.00. The summed E-state index contributed by atoms with van der Waals surface area (Å²) in [4.78, 5) is 0. The third kappa shape index (κ3) is 5.00. The van der Waals surface area contributed by atoms with E-state index in [0.717, 1.165) is 6.42 Å². The van der Waals surface area contributed by atoms with Crippen molar-refractivity contribution in [2.24, 2.45) is 0 Å². The number of hydrogen-bond donors (Lipinski definition) is 0. The van der Waals surface area contributed by atoms with Crippen LogP contribution in [0.2, 0.25) is 10.6 Å². The third-order valence-electron chi connectivity index (χ3n) is 2.68. The van der Waals surface area contributed by atoms with Gasteiger partial charge in [0.2, 0.25) is 0 Å². The normalized spacial score (nSPS) is 23.5. The van der Waals surface area contributed by atoms with Crippen LogP contribution in [0.5, 0.6) is 0 Å². The third-order valence-corrected chi connectivity index (χ3v) is 5.46. The predicted octanol–water partition coefficient (Wildman–Crippen LogP) is 3.66. The topological polar surface area (TPSA) is 9.23 Å². The Bertz CT molecular complexity index is 132. The molecule has 1 nitrogen and oxygen atoms in total. The van der Waals surface area contributed by atoms with Crippen LogP contribution in [0.3, 0.4) is 0 Å². The summed E-state index contributed by atoms with van der Waals surface area (Å²) in [6.07, 6.45) is 5.94. The lowest BCUT2D eigenvalue weighted by Gasteiger charge is -2.22. The Morgan fingerprint density at radius 3 is 2.92 bits per heavy atom. The fourth-order valence-corrected chi connectivity index (χ4v) is 4.41. The molecule has 0 aromatic heterocycles. The lowest BCUT2D eigenvalue weighted by molar-refractivity contribution is 0.0430. The van der Waals surface area contributed by atoms with Gasteiger partial charge in [-0.3, -0.25) is 0 Å². The highest BCUT2D eigenvalue weighted by atomic mass is 27.2. The molecule has 0 aliphatic carbocycles. The first-order valence-electron chi connectivity index (χ1n) is 5.62. The smallest absolute Gasteiger partial charge is 0.462 e. The van der Waals surface area contributed by atoms with Gasteiger partial charge in [-0.05, 0) is 6.42 Å². The Balaban J connectivity index is 2.00. The first kappa shape index (κ1) is 11.5. The minimum Gasteiger partial charge on any atom is -0.474 e. The molecule has 0 aromatic carbocycles. The number of halogens is 1. The molecule has 0 radical (unpaired) electrons. The van der Waals surface area contributed by atoms with Crippen LogP contribution < -0.4 is 0 Å². The molecular formula is C10H20AlFO. The number of unbranched alkanes of at least 4 members (excludes halogenated alkanes) is 3. The fourth-order valence-electron chi connectivity index (χ4n) is 1.86. The van der Waals surface area contributed by atoms with Gasteiger partial charge >= 0.3 is 14.5 Å². The Labute approximate surface area is 85.4 Å². The van der Waals surface area contributed by atoms with Crippen molar-refractivity contribution in [2.75, 3.05) is 0 Å². The Hall–Kier alpha value is 0.422. The molecule has 0 saturated carbocycles. The van der Waals surface area contributed by atoms with Crippen molar-refractivity contribution in [1.82, 2.24) is 0 Å². The summed E-state index contributed by atoms with van der Waals surface area (Å²) in [5, 5.41) is 2.40. The summed E-state index contributed by atoms with van der Waals surface area (Å²) in [6, 6.07) is 0. The van der Waals surface area contributed by atoms with E-state index >= 15 is 0 Å². The highest BCUT2D eigenvalue weighted by molar-refractivity contribution is 6.52. The summed E-state index contributed by atoms with van der Waals surface area (Å²) in [5.41, 5.74) is 0. The van der Waals surface area contributed by atoms with Crippen LogP contribution in [0.15, 0.2) is 0 Å². The summed E-state index contributed by atoms with van der Waals surface area (Å²) in [5.74, 6) is 0. The average Bonchev–Trinajstić information content (AvgIpc) is 2.13. The van der Waals surface area contributed by atoms with Crippen molar-refractivity contribution < 1.29 is 8.18 Å². The molecule has 1 heterocycles. The highest BCUT2D eigenvalue weighted by Crippen LogP contribution is 2.22. The first-order chi connectivity index (χ1) is 6.33. The van der Waals surface area contributed by atoms with Gasteiger partial charge in [0.1, 0.15) is 0 Å². The van der Waals surface area contributed by atoms with Crippen molar-refractivity contribution >= 4 is 14.5 Å². The van der Waals surface area contributed by atoms with Crippen molar-refractivity contribution in [3.63, 3.8) is 0 Å². The van der Waals surface area contributed by atoms with E-state index in [0.29, 0.717) is 6.42 Å². The van der Waals surface area contributed by atoms with E-state index in [2.05, 4.69) is 6.92 Å². The van der Waals surface area contributed by atoms with E-state index in [-0.39, 0.29) is 0 Å². The summed E-state index contributed by atoms with van der Waals surface area (Å²) >= 11 is -1.10. The lowest BCUT2D eigenvalue weighted by Crippen LogP contribution is -2.27. The number of hydrogen-bond acceptors (Lipinski definition) is 1. The van der Waals surface area contributed by atoms with Gasteiger partial charge in [0, 0.05) is 0 Å². The quantitative estimate of drug-likeness (QED) is 0.488. The summed E-state index contributed by atoms with van der Waals surface area (Å²) in [7, 11) is 0. The van der Waals surface area contributed by atoms with E-state index < -0.39 is 20.8 Å². The van der Waals surface area contributed by atoms with E-state index in [1.54, 1.807) is 0 Å². The van der Waals surface area contributed by atoms with Crippen molar-refractivity contribution in [1.29, 1.82) is 0 Å². The zero-order chi connectivity index (χ0) is 9.52. The minimum absolute atomic E-state index is 0.637. The van der Waals surface area contributed by atoms with Crippen molar-refractivity contribution in [3.05, 3.63) is 0 Å². The van der Waals surface area contributed by atoms with E-state index in [4.69, 9.17) is 3.79 Å². The molecule has 0 bridgehead atoms. The van der Waals surface area contributed by atoms with Gasteiger partial charge in [-0.25, -0.2) is 4.39 Å². The van der Waals surface area contributed by atoms with Crippen LogP contribution in [0.25, 0.3) is 0 Å². The van der Waals surface area contributed by atoms with Crippen LogP contribution in [0.4, 0.5) is 4.39 Å². The largest absolute Gasteiger partial charge is 0.474 e. The van der Waals surface area contributed by atoms with Gasteiger partial charge in [0.15, 0.2) is 6.36 Å². The van der Waals surface area contributed by atoms with Crippen molar-refractivity contribution in [3.8, 4) is 0 Å². The summed E-state index contributed by atoms with van der Waals surface area (Å²) in [6.45, 7) is 2.21. The molecule has 1 saturated heterocycles. The average molecular weight is 202 g/mol. The second kappa shape index (κ2) is 6.81. The molecule has 1 atom stereocenters. The molecule has 0 spiro atoms. The molecule has 3 heteroatoms. The molecule has 1 rings (SSSR count). The molecular weight excluding hydrogens is 182 g/mol. The second-order valence-electron chi connectivity index (χ2n) is 3.95.